The number of rotatable bonds is 8. The molecule has 0 spiro atoms. The molecule has 2 rings (SSSR count). The van der Waals surface area contributed by atoms with E-state index in [0.717, 1.165) is 27.6 Å². The molecule has 1 aromatic rings. The number of hydrogen-bond donors (Lipinski definition) is 4. The summed E-state index contributed by atoms with van der Waals surface area (Å²) in [5.74, 6) is 4.97. The quantitative estimate of drug-likeness (QED) is 0.405. The Bertz CT molecular complexity index is 652. The highest BCUT2D eigenvalue weighted by Gasteiger charge is 2.19. The van der Waals surface area contributed by atoms with Crippen molar-refractivity contribution in [3.05, 3.63) is 29.8 Å². The van der Waals surface area contributed by atoms with E-state index in [-0.39, 0.29) is 30.3 Å². The van der Waals surface area contributed by atoms with E-state index < -0.39 is 0 Å². The predicted octanol–water partition coefficient (Wildman–Crippen LogP) is 0.548. The van der Waals surface area contributed by atoms with Gasteiger partial charge in [-0.3, -0.25) is 4.99 Å². The lowest BCUT2D eigenvalue weighted by molar-refractivity contribution is 0.281. The third kappa shape index (κ3) is 4.45. The largest absolute Gasteiger partial charge is 0.398 e. The van der Waals surface area contributed by atoms with Gasteiger partial charge in [-0.1, -0.05) is 5.87 Å². The number of aliphatic hydroxyl groups excluding tert-OH is 3. The molecular weight excluding hydrogens is 326 g/mol. The van der Waals surface area contributed by atoms with Crippen molar-refractivity contribution in [2.45, 2.75) is 0 Å². The molecule has 0 aliphatic carbocycles. The molecule has 1 unspecified atom stereocenters. The number of anilines is 2. The van der Waals surface area contributed by atoms with E-state index in [4.69, 9.17) is 10.8 Å². The highest BCUT2D eigenvalue weighted by atomic mass is 32.2. The summed E-state index contributed by atoms with van der Waals surface area (Å²) in [5, 5.41) is 27.3. The molecule has 0 saturated carbocycles. The van der Waals surface area contributed by atoms with Gasteiger partial charge in [-0.25, -0.2) is 0 Å². The number of nitrogens with zero attached hydrogens (tertiary/aromatic N) is 2. The molecule has 1 heterocycles. The number of aliphatic imine (C=N–C) groups is 1. The zero-order valence-electron chi connectivity index (χ0n) is 13.7. The van der Waals surface area contributed by atoms with E-state index in [1.54, 1.807) is 0 Å². The van der Waals surface area contributed by atoms with Crippen LogP contribution < -0.4 is 10.6 Å². The minimum absolute atomic E-state index is 0.0140. The number of nitrogen functional groups attached to an aromatic ring is 1. The first-order valence-electron chi connectivity index (χ1n) is 7.83. The molecule has 0 fully saturated rings. The van der Waals surface area contributed by atoms with Crippen LogP contribution in [0.5, 0.6) is 0 Å². The van der Waals surface area contributed by atoms with Crippen molar-refractivity contribution in [3.8, 4) is 0 Å². The Morgan fingerprint density at radius 1 is 1.17 bits per heavy atom. The molecule has 6 nitrogen and oxygen atoms in total. The van der Waals surface area contributed by atoms with Gasteiger partial charge in [0.2, 0.25) is 0 Å². The summed E-state index contributed by atoms with van der Waals surface area (Å²) in [6, 6.07) is 5.71. The molecule has 7 heteroatoms. The second-order valence-electron chi connectivity index (χ2n) is 5.45. The van der Waals surface area contributed by atoms with Crippen LogP contribution in [0.25, 0.3) is 4.91 Å². The molecule has 1 aliphatic rings. The maximum atomic E-state index is 9.22. The fourth-order valence-corrected chi connectivity index (χ4v) is 4.09. The van der Waals surface area contributed by atoms with Gasteiger partial charge in [0.1, 0.15) is 0 Å². The van der Waals surface area contributed by atoms with E-state index >= 15 is 0 Å². The monoisotopic (exact) mass is 351 g/mol. The molecule has 1 atom stereocenters. The topological polar surface area (TPSA) is 102 Å². The van der Waals surface area contributed by atoms with Crippen LogP contribution in [-0.4, -0.2) is 72.1 Å². The Morgan fingerprint density at radius 2 is 1.88 bits per heavy atom. The third-order valence-corrected chi connectivity index (χ3v) is 5.36. The SMILES string of the molecule is C=S1CC(=NCCO)C=C1c1cc(N(CCO)CCO)ccc1N. The predicted molar refractivity (Wildman–Crippen MR) is 104 cm³/mol. The molecule has 0 aromatic heterocycles. The van der Waals surface area contributed by atoms with E-state index in [0.29, 0.717) is 25.3 Å². The second-order valence-corrected chi connectivity index (χ2v) is 7.16. The normalized spacial score (nSPS) is 18.9. The Labute approximate surface area is 144 Å². The van der Waals surface area contributed by atoms with E-state index in [9.17, 15) is 10.2 Å². The minimum Gasteiger partial charge on any atom is -0.398 e. The molecule has 132 valence electrons. The Morgan fingerprint density at radius 3 is 2.50 bits per heavy atom. The van der Waals surface area contributed by atoms with Crippen LogP contribution in [0.1, 0.15) is 5.56 Å². The molecule has 0 amide bonds. The Hall–Kier alpha value is -1.67. The molecule has 1 aliphatic heterocycles. The summed E-state index contributed by atoms with van der Waals surface area (Å²) in [5.41, 5.74) is 9.59. The van der Waals surface area contributed by atoms with E-state index in [1.165, 1.54) is 0 Å². The van der Waals surface area contributed by atoms with Crippen LogP contribution in [0, 0.1) is 0 Å². The van der Waals surface area contributed by atoms with Crippen molar-refractivity contribution >= 4 is 38.3 Å². The molecular formula is C17H25N3O3S. The van der Waals surface area contributed by atoms with Crippen LogP contribution in [-0.2, 0) is 0 Å². The standard InChI is InChI=1S/C17H25N3O3S/c1-24-12-13(19-4-7-21)10-17(24)15-11-14(2-3-16(15)18)20(5-8-22)6-9-23/h2-3,10-11,21-23H,1,4-9,12,18H2. The first kappa shape index (κ1) is 18.7. The zero-order chi connectivity index (χ0) is 17.5. The van der Waals surface area contributed by atoms with Crippen LogP contribution in [0.2, 0.25) is 0 Å². The van der Waals surface area contributed by atoms with Gasteiger partial charge in [0, 0.05) is 46.4 Å². The molecule has 0 bridgehead atoms. The van der Waals surface area contributed by atoms with Crippen LogP contribution in [0.4, 0.5) is 11.4 Å². The number of nitrogens with two attached hydrogens (primary N) is 1. The summed E-state index contributed by atoms with van der Waals surface area (Å²) >= 11 is 0. The zero-order valence-corrected chi connectivity index (χ0v) is 14.5. The highest BCUT2D eigenvalue weighted by Crippen LogP contribution is 2.41. The molecule has 0 radical (unpaired) electrons. The lowest BCUT2D eigenvalue weighted by Gasteiger charge is -2.24. The van der Waals surface area contributed by atoms with Crippen LogP contribution in [0.3, 0.4) is 0 Å². The van der Waals surface area contributed by atoms with Crippen molar-refractivity contribution in [2.75, 3.05) is 55.8 Å². The van der Waals surface area contributed by atoms with Crippen LogP contribution >= 0.6 is 10.5 Å². The first-order valence-corrected chi connectivity index (χ1v) is 9.40. The fraction of sp³-hybridized carbons (Fsp3) is 0.412. The summed E-state index contributed by atoms with van der Waals surface area (Å²) in [6.07, 6.45) is 2.00. The van der Waals surface area contributed by atoms with E-state index in [2.05, 4.69) is 10.9 Å². The van der Waals surface area contributed by atoms with Gasteiger partial charge in [0.25, 0.3) is 0 Å². The van der Waals surface area contributed by atoms with Crippen molar-refractivity contribution in [1.82, 2.24) is 0 Å². The second kappa shape index (κ2) is 8.98. The van der Waals surface area contributed by atoms with Crippen molar-refractivity contribution in [2.24, 2.45) is 4.99 Å². The van der Waals surface area contributed by atoms with Crippen molar-refractivity contribution in [1.29, 1.82) is 0 Å². The molecule has 1 aromatic carbocycles. The number of benzene rings is 1. The lowest BCUT2D eigenvalue weighted by Crippen LogP contribution is -2.29. The van der Waals surface area contributed by atoms with Gasteiger partial charge >= 0.3 is 0 Å². The van der Waals surface area contributed by atoms with Crippen molar-refractivity contribution < 1.29 is 15.3 Å². The van der Waals surface area contributed by atoms with Gasteiger partial charge in [-0.05, 0) is 24.3 Å². The van der Waals surface area contributed by atoms with Gasteiger partial charge in [0.15, 0.2) is 0 Å². The molecule has 5 N–H and O–H groups in total. The summed E-state index contributed by atoms with van der Waals surface area (Å²) in [7, 11) is -0.233. The Balaban J connectivity index is 2.36. The Kier molecular flexibility index (Phi) is 6.99. The summed E-state index contributed by atoms with van der Waals surface area (Å²) in [4.78, 5) is 7.33. The molecule has 0 saturated heterocycles. The van der Waals surface area contributed by atoms with Gasteiger partial charge in [-0.2, -0.15) is 10.5 Å². The fourth-order valence-electron chi connectivity index (χ4n) is 2.62. The van der Waals surface area contributed by atoms with Crippen molar-refractivity contribution in [3.63, 3.8) is 0 Å². The van der Waals surface area contributed by atoms with E-state index in [1.807, 2.05) is 29.2 Å². The third-order valence-electron chi connectivity index (χ3n) is 3.75. The summed E-state index contributed by atoms with van der Waals surface area (Å²) in [6.45, 7) is 1.35. The van der Waals surface area contributed by atoms with Gasteiger partial charge in [-0.15, -0.1) is 0 Å². The average Bonchev–Trinajstić information content (AvgIpc) is 2.94. The first-order chi connectivity index (χ1) is 11.6. The van der Waals surface area contributed by atoms with Gasteiger partial charge < -0.3 is 26.0 Å². The number of aliphatic hydroxyl groups is 3. The molecule has 24 heavy (non-hydrogen) atoms. The lowest BCUT2D eigenvalue weighted by atomic mass is 10.1. The average molecular weight is 351 g/mol. The maximum absolute atomic E-state index is 9.22. The van der Waals surface area contributed by atoms with Gasteiger partial charge in [0.05, 0.1) is 26.4 Å². The van der Waals surface area contributed by atoms with Crippen LogP contribution in [0.15, 0.2) is 29.3 Å². The maximum Gasteiger partial charge on any atom is 0.0627 e. The number of hydrogen-bond acceptors (Lipinski definition) is 6. The summed E-state index contributed by atoms with van der Waals surface area (Å²) < 4.78 is 0. The highest BCUT2D eigenvalue weighted by molar-refractivity contribution is 8.23. The number of allylic oxidation sites excluding steroid dienone is 1. The smallest absolute Gasteiger partial charge is 0.0627 e. The minimum atomic E-state index is -0.233.